The van der Waals surface area contributed by atoms with Crippen molar-refractivity contribution >= 4 is 33.8 Å². The van der Waals surface area contributed by atoms with Crippen molar-refractivity contribution < 1.29 is 14.3 Å². The number of thiophene rings is 1. The number of benzene rings is 1. The number of para-hydroxylation sites is 2. The Kier molecular flexibility index (Phi) is 5.98. The Hall–Kier alpha value is -2.58. The topological polar surface area (TPSA) is 87.9 Å². The fraction of sp³-hybridized carbons (Fsp3) is 0.368. The fourth-order valence-corrected chi connectivity index (χ4v) is 4.02. The SMILES string of the molecule is COc1ccccc1N1CCN(C(C)C(=O)Nc2sccc2C(N)=O)CC1. The van der Waals surface area contributed by atoms with Crippen LogP contribution in [-0.2, 0) is 4.79 Å². The molecule has 1 atom stereocenters. The molecule has 8 heteroatoms. The number of carbonyl (C=O) groups excluding carboxylic acids is 2. The van der Waals surface area contributed by atoms with Gasteiger partial charge in [-0.1, -0.05) is 12.1 Å². The standard InChI is InChI=1S/C19H24N4O3S/c1-13(18(25)21-19-14(17(20)24)7-12-27-19)22-8-10-23(11-9-22)15-5-3-4-6-16(15)26-2/h3-7,12-13H,8-11H2,1-2H3,(H2,20,24)(H,21,25). The number of hydrogen-bond donors (Lipinski definition) is 2. The molecular formula is C19H24N4O3S. The lowest BCUT2D eigenvalue weighted by atomic mass is 10.2. The number of nitrogens with zero attached hydrogens (tertiary/aromatic N) is 2. The molecule has 2 heterocycles. The lowest BCUT2D eigenvalue weighted by Gasteiger charge is -2.38. The molecule has 2 aromatic rings. The van der Waals surface area contributed by atoms with Crippen LogP contribution in [0, 0.1) is 0 Å². The Bertz CT molecular complexity index is 815. The van der Waals surface area contributed by atoms with Crippen LogP contribution in [0.1, 0.15) is 17.3 Å². The van der Waals surface area contributed by atoms with Crippen molar-refractivity contribution in [3.63, 3.8) is 0 Å². The summed E-state index contributed by atoms with van der Waals surface area (Å²) in [7, 11) is 1.67. The molecule has 2 amide bonds. The number of primary amides is 1. The molecule has 0 aliphatic carbocycles. The van der Waals surface area contributed by atoms with E-state index in [9.17, 15) is 9.59 Å². The van der Waals surface area contributed by atoms with E-state index in [1.807, 2.05) is 31.2 Å². The van der Waals surface area contributed by atoms with Crippen molar-refractivity contribution in [3.05, 3.63) is 41.3 Å². The minimum absolute atomic E-state index is 0.134. The van der Waals surface area contributed by atoms with Crippen molar-refractivity contribution in [1.29, 1.82) is 0 Å². The number of rotatable bonds is 6. The normalized spacial score (nSPS) is 16.0. The molecule has 1 aliphatic heterocycles. The van der Waals surface area contributed by atoms with Gasteiger partial charge in [0.25, 0.3) is 5.91 Å². The summed E-state index contributed by atoms with van der Waals surface area (Å²) in [5.74, 6) is 0.184. The summed E-state index contributed by atoms with van der Waals surface area (Å²) in [6.07, 6.45) is 0. The Balaban J connectivity index is 1.59. The molecule has 1 unspecified atom stereocenters. The number of nitrogens with one attached hydrogen (secondary N) is 1. The first kappa shape index (κ1) is 19.2. The first-order valence-electron chi connectivity index (χ1n) is 8.81. The number of hydrogen-bond acceptors (Lipinski definition) is 6. The van der Waals surface area contributed by atoms with Crippen LogP contribution in [0.15, 0.2) is 35.7 Å². The Labute approximate surface area is 162 Å². The summed E-state index contributed by atoms with van der Waals surface area (Å²) in [6, 6.07) is 9.28. The van der Waals surface area contributed by atoms with Crippen molar-refractivity contribution in [1.82, 2.24) is 4.90 Å². The second-order valence-corrected chi connectivity index (χ2v) is 7.30. The fourth-order valence-electron chi connectivity index (χ4n) is 3.22. The Morgan fingerprint density at radius 3 is 2.56 bits per heavy atom. The van der Waals surface area contributed by atoms with Crippen LogP contribution >= 0.6 is 11.3 Å². The third-order valence-corrected chi connectivity index (χ3v) is 5.66. The predicted molar refractivity (Wildman–Crippen MR) is 108 cm³/mol. The number of methoxy groups -OCH3 is 1. The zero-order chi connectivity index (χ0) is 19.4. The summed E-state index contributed by atoms with van der Waals surface area (Å²) < 4.78 is 5.44. The maximum absolute atomic E-state index is 12.6. The van der Waals surface area contributed by atoms with Gasteiger partial charge >= 0.3 is 0 Å². The van der Waals surface area contributed by atoms with E-state index in [1.165, 1.54) is 11.3 Å². The number of piperazine rings is 1. The van der Waals surface area contributed by atoms with Gasteiger partial charge < -0.3 is 20.7 Å². The van der Waals surface area contributed by atoms with E-state index in [1.54, 1.807) is 18.6 Å². The summed E-state index contributed by atoms with van der Waals surface area (Å²) in [4.78, 5) is 28.4. The van der Waals surface area contributed by atoms with Crippen molar-refractivity contribution in [2.24, 2.45) is 5.73 Å². The minimum Gasteiger partial charge on any atom is -0.495 e. The van der Waals surface area contributed by atoms with Gasteiger partial charge in [0.2, 0.25) is 5.91 Å². The molecule has 0 radical (unpaired) electrons. The largest absolute Gasteiger partial charge is 0.495 e. The predicted octanol–water partition coefficient (Wildman–Crippen LogP) is 2.00. The highest BCUT2D eigenvalue weighted by Crippen LogP contribution is 2.29. The van der Waals surface area contributed by atoms with Crippen LogP contribution in [-0.4, -0.2) is 56.0 Å². The average molecular weight is 388 g/mol. The van der Waals surface area contributed by atoms with E-state index in [0.29, 0.717) is 10.6 Å². The van der Waals surface area contributed by atoms with Gasteiger partial charge in [0.05, 0.1) is 24.4 Å². The molecular weight excluding hydrogens is 364 g/mol. The first-order valence-corrected chi connectivity index (χ1v) is 9.69. The number of ether oxygens (including phenoxy) is 1. The lowest BCUT2D eigenvalue weighted by Crippen LogP contribution is -2.52. The molecule has 144 valence electrons. The smallest absolute Gasteiger partial charge is 0.251 e. The van der Waals surface area contributed by atoms with Crippen LogP contribution < -0.4 is 20.7 Å². The molecule has 0 spiro atoms. The summed E-state index contributed by atoms with van der Waals surface area (Å²) >= 11 is 1.30. The van der Waals surface area contributed by atoms with Gasteiger partial charge in [-0.15, -0.1) is 11.3 Å². The monoisotopic (exact) mass is 388 g/mol. The molecule has 1 aliphatic rings. The first-order chi connectivity index (χ1) is 13.0. The number of anilines is 2. The van der Waals surface area contributed by atoms with E-state index in [0.717, 1.165) is 37.6 Å². The highest BCUT2D eigenvalue weighted by molar-refractivity contribution is 7.14. The zero-order valence-electron chi connectivity index (χ0n) is 15.5. The lowest BCUT2D eigenvalue weighted by molar-refractivity contribution is -0.120. The van der Waals surface area contributed by atoms with E-state index >= 15 is 0 Å². The van der Waals surface area contributed by atoms with Crippen LogP contribution in [0.2, 0.25) is 0 Å². The van der Waals surface area contributed by atoms with Crippen molar-refractivity contribution in [2.75, 3.05) is 43.5 Å². The number of nitrogens with two attached hydrogens (primary N) is 1. The zero-order valence-corrected chi connectivity index (χ0v) is 16.3. The Morgan fingerprint density at radius 2 is 1.89 bits per heavy atom. The molecule has 7 nitrogen and oxygen atoms in total. The quantitative estimate of drug-likeness (QED) is 0.790. The minimum atomic E-state index is -0.537. The van der Waals surface area contributed by atoms with E-state index in [4.69, 9.17) is 10.5 Å². The molecule has 0 bridgehead atoms. The highest BCUT2D eigenvalue weighted by Gasteiger charge is 2.27. The molecule has 3 rings (SSSR count). The second kappa shape index (κ2) is 8.41. The molecule has 1 aromatic heterocycles. The molecule has 1 saturated heterocycles. The molecule has 1 aromatic carbocycles. The second-order valence-electron chi connectivity index (χ2n) is 6.39. The van der Waals surface area contributed by atoms with Crippen molar-refractivity contribution in [2.45, 2.75) is 13.0 Å². The third kappa shape index (κ3) is 4.23. The van der Waals surface area contributed by atoms with Gasteiger partial charge in [-0.2, -0.15) is 0 Å². The van der Waals surface area contributed by atoms with Gasteiger partial charge in [-0.3, -0.25) is 14.5 Å². The van der Waals surface area contributed by atoms with Crippen LogP contribution in [0.4, 0.5) is 10.7 Å². The number of amides is 2. The third-order valence-electron chi connectivity index (χ3n) is 4.83. The molecule has 1 fully saturated rings. The number of carbonyl (C=O) groups is 2. The average Bonchev–Trinajstić information content (AvgIpc) is 3.16. The summed E-state index contributed by atoms with van der Waals surface area (Å²) in [5.41, 5.74) is 6.76. The summed E-state index contributed by atoms with van der Waals surface area (Å²) in [6.45, 7) is 5.03. The van der Waals surface area contributed by atoms with Gasteiger partial charge in [-0.05, 0) is 30.5 Å². The van der Waals surface area contributed by atoms with Crippen LogP contribution in [0.3, 0.4) is 0 Å². The van der Waals surface area contributed by atoms with E-state index in [2.05, 4.69) is 15.1 Å². The highest BCUT2D eigenvalue weighted by atomic mass is 32.1. The molecule has 0 saturated carbocycles. The summed E-state index contributed by atoms with van der Waals surface area (Å²) in [5, 5.41) is 5.08. The maximum atomic E-state index is 12.6. The van der Waals surface area contributed by atoms with E-state index in [-0.39, 0.29) is 11.9 Å². The Morgan fingerprint density at radius 1 is 1.19 bits per heavy atom. The van der Waals surface area contributed by atoms with Crippen molar-refractivity contribution in [3.8, 4) is 5.75 Å². The van der Waals surface area contributed by atoms with Crippen LogP contribution in [0.25, 0.3) is 0 Å². The van der Waals surface area contributed by atoms with Gasteiger partial charge in [0.1, 0.15) is 10.8 Å². The van der Waals surface area contributed by atoms with Gasteiger partial charge in [0.15, 0.2) is 0 Å². The molecule has 27 heavy (non-hydrogen) atoms. The van der Waals surface area contributed by atoms with Crippen LogP contribution in [0.5, 0.6) is 5.75 Å². The van der Waals surface area contributed by atoms with Gasteiger partial charge in [0, 0.05) is 26.2 Å². The van der Waals surface area contributed by atoms with Gasteiger partial charge in [-0.25, -0.2) is 0 Å². The maximum Gasteiger partial charge on any atom is 0.251 e. The molecule has 3 N–H and O–H groups in total. The van der Waals surface area contributed by atoms with E-state index < -0.39 is 5.91 Å².